The van der Waals surface area contributed by atoms with Gasteiger partial charge < -0.3 is 19.7 Å². The molecule has 1 fully saturated rings. The van der Waals surface area contributed by atoms with Crippen molar-refractivity contribution < 1.29 is 24.5 Å². The van der Waals surface area contributed by atoms with Crippen molar-refractivity contribution in [3.05, 3.63) is 65.7 Å². The van der Waals surface area contributed by atoms with E-state index in [4.69, 9.17) is 19.6 Å². The van der Waals surface area contributed by atoms with Crippen LogP contribution < -0.4 is 15.6 Å². The summed E-state index contributed by atoms with van der Waals surface area (Å²) in [5, 5.41) is 18.6. The number of hydrazine groups is 1. The van der Waals surface area contributed by atoms with E-state index in [1.807, 2.05) is 54.6 Å². The Balaban J connectivity index is 1.48. The third-order valence-electron chi connectivity index (χ3n) is 6.28. The number of carbonyl (C=O) groups excluding carboxylic acids is 1. The zero-order valence-corrected chi connectivity index (χ0v) is 19.3. The topological polar surface area (TPSA) is 112 Å². The lowest BCUT2D eigenvalue weighted by Crippen LogP contribution is -2.55. The fourth-order valence-corrected chi connectivity index (χ4v) is 4.27. The Kier molecular flexibility index (Phi) is 8.16. The van der Waals surface area contributed by atoms with Crippen LogP contribution in [0, 0.1) is 0 Å². The fourth-order valence-electron chi connectivity index (χ4n) is 4.27. The zero-order valence-electron chi connectivity index (χ0n) is 19.3. The van der Waals surface area contributed by atoms with Gasteiger partial charge in [0.05, 0.1) is 12.7 Å². The maximum atomic E-state index is 13.4. The van der Waals surface area contributed by atoms with Crippen LogP contribution >= 0.6 is 0 Å². The molecular weight excluding hydrogens is 434 g/mol. The van der Waals surface area contributed by atoms with Crippen LogP contribution in [0.5, 0.6) is 5.75 Å². The van der Waals surface area contributed by atoms with E-state index in [1.165, 1.54) is 0 Å². The molecule has 1 heterocycles. The first-order valence-corrected chi connectivity index (χ1v) is 11.9. The van der Waals surface area contributed by atoms with Crippen molar-refractivity contribution in [3.8, 4) is 5.75 Å². The number of hydrogen-bond acceptors (Lipinski definition) is 7. The Morgan fingerprint density at radius 1 is 1.09 bits per heavy atom. The van der Waals surface area contributed by atoms with Gasteiger partial charge >= 0.3 is 0 Å². The first kappa shape index (κ1) is 24.2. The van der Waals surface area contributed by atoms with E-state index in [1.54, 1.807) is 0 Å². The van der Waals surface area contributed by atoms with Gasteiger partial charge in [-0.15, -0.1) is 0 Å². The van der Waals surface area contributed by atoms with Gasteiger partial charge in [-0.2, -0.15) is 0 Å². The summed E-state index contributed by atoms with van der Waals surface area (Å²) in [4.78, 5) is 18.2. The number of amides is 1. The maximum absolute atomic E-state index is 13.4. The highest BCUT2D eigenvalue weighted by Gasteiger charge is 2.44. The van der Waals surface area contributed by atoms with Crippen molar-refractivity contribution in [2.75, 3.05) is 19.8 Å². The van der Waals surface area contributed by atoms with Gasteiger partial charge in [-0.3, -0.25) is 10.2 Å². The number of hydrogen-bond donors (Lipinski definition) is 4. The Morgan fingerprint density at radius 2 is 1.82 bits per heavy atom. The number of aliphatic hydroxyl groups is 2. The molecule has 1 amide bonds. The van der Waals surface area contributed by atoms with Crippen LogP contribution in [0.25, 0.3) is 0 Å². The number of aliphatic imine (C=N–C) groups is 1. The van der Waals surface area contributed by atoms with Crippen molar-refractivity contribution >= 4 is 11.8 Å². The van der Waals surface area contributed by atoms with Gasteiger partial charge in [0, 0.05) is 31.1 Å². The summed E-state index contributed by atoms with van der Waals surface area (Å²) in [6.45, 7) is 0.676. The largest absolute Gasteiger partial charge is 0.494 e. The smallest absolute Gasteiger partial charge is 0.266 e. The fraction of sp³-hybridized carbons (Fsp3) is 0.462. The molecule has 4 rings (SSSR count). The second kappa shape index (κ2) is 11.5. The first-order chi connectivity index (χ1) is 16.6. The van der Waals surface area contributed by atoms with Gasteiger partial charge in [-0.05, 0) is 55.5 Å². The number of rotatable bonds is 10. The third-order valence-corrected chi connectivity index (χ3v) is 6.28. The van der Waals surface area contributed by atoms with Gasteiger partial charge in [-0.25, -0.2) is 10.4 Å². The minimum Gasteiger partial charge on any atom is -0.494 e. The Labute approximate surface area is 200 Å². The molecule has 182 valence electrons. The summed E-state index contributed by atoms with van der Waals surface area (Å²) in [6.07, 6.45) is 3.82. The molecule has 0 bridgehead atoms. The number of ether oxygens (including phenoxy) is 2. The Bertz CT molecular complexity index is 958. The van der Waals surface area contributed by atoms with Crippen molar-refractivity contribution in [3.63, 3.8) is 0 Å². The summed E-state index contributed by atoms with van der Waals surface area (Å²) < 4.78 is 11.5. The van der Waals surface area contributed by atoms with E-state index in [0.29, 0.717) is 31.1 Å². The van der Waals surface area contributed by atoms with E-state index in [9.17, 15) is 9.90 Å². The van der Waals surface area contributed by atoms with Crippen LogP contribution in [0.1, 0.15) is 43.2 Å². The van der Waals surface area contributed by atoms with E-state index in [-0.39, 0.29) is 31.3 Å². The highest BCUT2D eigenvalue weighted by atomic mass is 16.5. The van der Waals surface area contributed by atoms with Crippen LogP contribution in [0.2, 0.25) is 0 Å². The zero-order chi connectivity index (χ0) is 23.8. The minimum atomic E-state index is -1.09. The van der Waals surface area contributed by atoms with E-state index >= 15 is 0 Å². The van der Waals surface area contributed by atoms with Crippen LogP contribution in [-0.4, -0.2) is 59.5 Å². The van der Waals surface area contributed by atoms with Crippen molar-refractivity contribution in [1.82, 2.24) is 10.9 Å². The Morgan fingerprint density at radius 3 is 2.53 bits per heavy atom. The van der Waals surface area contributed by atoms with Gasteiger partial charge in [0.1, 0.15) is 12.4 Å². The minimum absolute atomic E-state index is 0.0891. The lowest BCUT2D eigenvalue weighted by Gasteiger charge is -2.29. The molecular formula is C26H33N3O5. The molecule has 0 aromatic heterocycles. The Hall–Kier alpha value is -2.94. The molecule has 4 N–H and O–H groups in total. The van der Waals surface area contributed by atoms with Gasteiger partial charge in [0.15, 0.2) is 5.54 Å². The SMILES string of the molecule is O=C(NNC1CCC(O)CC1)[C@]1(Cc2ccccc2)COC(c2ccc(OCCCO)cc2)=N1. The molecule has 0 radical (unpaired) electrons. The number of nitrogens with zero attached hydrogens (tertiary/aromatic N) is 1. The van der Waals surface area contributed by atoms with Gasteiger partial charge in [0.2, 0.25) is 5.90 Å². The van der Waals surface area contributed by atoms with Crippen molar-refractivity contribution in [2.24, 2.45) is 4.99 Å². The lowest BCUT2D eigenvalue weighted by molar-refractivity contribution is -0.128. The summed E-state index contributed by atoms with van der Waals surface area (Å²) >= 11 is 0. The standard InChI is InChI=1S/C26H33N3O5/c30-15-4-16-33-23-13-7-20(8-14-23)24-27-26(18-34-24,17-19-5-2-1-3-6-19)25(32)29-28-21-9-11-22(31)12-10-21/h1-3,5-8,13-14,21-22,28,30-31H,4,9-12,15-18H2,(H,29,32)/t21?,22?,26-/m0/s1. The van der Waals surface area contributed by atoms with Crippen molar-refractivity contribution in [1.29, 1.82) is 0 Å². The molecule has 34 heavy (non-hydrogen) atoms. The second-order valence-electron chi connectivity index (χ2n) is 8.95. The van der Waals surface area contributed by atoms with Crippen LogP contribution in [0.4, 0.5) is 0 Å². The molecule has 2 aromatic carbocycles. The van der Waals surface area contributed by atoms with Crippen LogP contribution in [-0.2, 0) is 16.0 Å². The number of benzene rings is 2. The summed E-state index contributed by atoms with van der Waals surface area (Å²) in [5.74, 6) is 0.890. The highest BCUT2D eigenvalue weighted by molar-refractivity contribution is 6.00. The third kappa shape index (κ3) is 6.14. The summed E-state index contributed by atoms with van der Waals surface area (Å²) in [5.41, 5.74) is 6.71. The lowest BCUT2D eigenvalue weighted by atomic mass is 9.91. The maximum Gasteiger partial charge on any atom is 0.266 e. The molecule has 8 heteroatoms. The molecule has 0 spiro atoms. The number of nitrogens with one attached hydrogen (secondary N) is 2. The molecule has 0 saturated heterocycles. The summed E-state index contributed by atoms with van der Waals surface area (Å²) in [6, 6.07) is 17.3. The molecule has 2 aliphatic rings. The highest BCUT2D eigenvalue weighted by Crippen LogP contribution is 2.28. The van der Waals surface area contributed by atoms with Crippen LogP contribution in [0.15, 0.2) is 59.6 Å². The van der Waals surface area contributed by atoms with Crippen LogP contribution in [0.3, 0.4) is 0 Å². The van der Waals surface area contributed by atoms with Gasteiger partial charge in [-0.1, -0.05) is 30.3 Å². The molecule has 1 aliphatic heterocycles. The number of aliphatic hydroxyl groups excluding tert-OH is 2. The predicted octanol–water partition coefficient (Wildman–Crippen LogP) is 2.13. The normalized spacial score (nSPS) is 24.2. The average molecular weight is 468 g/mol. The first-order valence-electron chi connectivity index (χ1n) is 11.9. The second-order valence-corrected chi connectivity index (χ2v) is 8.95. The van der Waals surface area contributed by atoms with Crippen molar-refractivity contribution in [2.45, 2.75) is 56.2 Å². The molecule has 8 nitrogen and oxygen atoms in total. The molecule has 1 atom stereocenters. The molecule has 2 aromatic rings. The van der Waals surface area contributed by atoms with E-state index < -0.39 is 5.54 Å². The van der Waals surface area contributed by atoms with E-state index in [0.717, 1.165) is 36.8 Å². The summed E-state index contributed by atoms with van der Waals surface area (Å²) in [7, 11) is 0. The van der Waals surface area contributed by atoms with Gasteiger partial charge in [0.25, 0.3) is 5.91 Å². The van der Waals surface area contributed by atoms with E-state index in [2.05, 4.69) is 10.9 Å². The molecule has 1 aliphatic carbocycles. The average Bonchev–Trinajstić information content (AvgIpc) is 3.30. The quantitative estimate of drug-likeness (QED) is 0.315. The predicted molar refractivity (Wildman–Crippen MR) is 129 cm³/mol. The molecule has 1 saturated carbocycles. The monoisotopic (exact) mass is 467 g/mol. The molecule has 0 unspecified atom stereocenters. The number of carbonyl (C=O) groups is 1.